The first kappa shape index (κ1) is 22.9. The van der Waals surface area contributed by atoms with Gasteiger partial charge in [0.15, 0.2) is 0 Å². The number of nitrogens with one attached hydrogen (secondary N) is 2. The summed E-state index contributed by atoms with van der Waals surface area (Å²) in [6.07, 6.45) is 1.55. The van der Waals surface area contributed by atoms with E-state index < -0.39 is 4.92 Å². The fourth-order valence-electron chi connectivity index (χ4n) is 3.21. The number of nitrogens with zero attached hydrogens (tertiary/aromatic N) is 3. The van der Waals surface area contributed by atoms with Crippen LogP contribution in [0.1, 0.15) is 12.1 Å². The number of hydrogen-bond donors (Lipinski definition) is 2. The zero-order valence-corrected chi connectivity index (χ0v) is 17.8. The number of hydrogen-bond acceptors (Lipinski definition) is 6. The molecule has 1 heterocycles. The molecule has 32 heavy (non-hydrogen) atoms. The fourth-order valence-corrected chi connectivity index (χ4v) is 3.21. The van der Waals surface area contributed by atoms with Crippen LogP contribution in [-0.2, 0) is 11.2 Å². The SMILES string of the molecule is COc1cc([N+](=O)[O-])ccc1NC(=O)CN(C)CCCc1cc(-c2ccc(F)cc2)n[nH]1. The minimum atomic E-state index is -0.524. The quantitative estimate of drug-likeness (QED) is 0.367. The Bertz CT molecular complexity index is 1080. The van der Waals surface area contributed by atoms with E-state index in [2.05, 4.69) is 15.5 Å². The molecule has 3 aromatic rings. The Labute approximate surface area is 184 Å². The maximum absolute atomic E-state index is 13.1. The second-order valence-electron chi connectivity index (χ2n) is 7.32. The Balaban J connectivity index is 1.46. The first-order valence-corrected chi connectivity index (χ1v) is 9.96. The number of amides is 1. The van der Waals surface area contributed by atoms with Crippen LogP contribution in [0.2, 0.25) is 0 Å². The molecule has 9 nitrogen and oxygen atoms in total. The standard InChI is InChI=1S/C22H24FN5O4/c1-27(14-22(29)24-19-10-9-18(28(30)31)13-21(19)32-2)11-3-4-17-12-20(26-25-17)15-5-7-16(23)8-6-15/h5-10,12-13H,3-4,11,14H2,1-2H3,(H,24,29)(H,25,26). The lowest BCUT2D eigenvalue weighted by atomic mass is 10.1. The molecular weight excluding hydrogens is 417 g/mol. The van der Waals surface area contributed by atoms with Gasteiger partial charge in [-0.15, -0.1) is 0 Å². The smallest absolute Gasteiger partial charge is 0.273 e. The number of likely N-dealkylation sites (N-methyl/N-ethyl adjacent to an activating group) is 1. The van der Waals surface area contributed by atoms with E-state index in [-0.39, 0.29) is 29.7 Å². The summed E-state index contributed by atoms with van der Waals surface area (Å²) >= 11 is 0. The molecule has 0 fully saturated rings. The number of non-ortho nitro benzene ring substituents is 1. The highest BCUT2D eigenvalue weighted by Gasteiger charge is 2.14. The maximum Gasteiger partial charge on any atom is 0.273 e. The molecule has 0 aliphatic rings. The molecule has 0 bridgehead atoms. The molecule has 0 saturated heterocycles. The van der Waals surface area contributed by atoms with Crippen molar-refractivity contribution in [1.82, 2.24) is 15.1 Å². The third-order valence-electron chi connectivity index (χ3n) is 4.84. The first-order valence-electron chi connectivity index (χ1n) is 9.96. The Morgan fingerprint density at radius 2 is 2.00 bits per heavy atom. The van der Waals surface area contributed by atoms with Crippen molar-refractivity contribution in [3.05, 3.63) is 70.2 Å². The van der Waals surface area contributed by atoms with Crippen LogP contribution < -0.4 is 10.1 Å². The van der Waals surface area contributed by atoms with Crippen molar-refractivity contribution in [3.63, 3.8) is 0 Å². The Morgan fingerprint density at radius 1 is 1.25 bits per heavy atom. The van der Waals surface area contributed by atoms with Crippen LogP contribution >= 0.6 is 0 Å². The first-order chi connectivity index (χ1) is 15.4. The number of benzene rings is 2. The van der Waals surface area contributed by atoms with Crippen LogP contribution in [0.4, 0.5) is 15.8 Å². The topological polar surface area (TPSA) is 113 Å². The lowest BCUT2D eigenvalue weighted by Crippen LogP contribution is -2.31. The summed E-state index contributed by atoms with van der Waals surface area (Å²) < 4.78 is 18.2. The van der Waals surface area contributed by atoms with E-state index in [0.717, 1.165) is 29.8 Å². The van der Waals surface area contributed by atoms with Gasteiger partial charge >= 0.3 is 0 Å². The second kappa shape index (κ2) is 10.5. The number of H-pyrrole nitrogens is 1. The van der Waals surface area contributed by atoms with Crippen molar-refractivity contribution in [2.45, 2.75) is 12.8 Å². The molecule has 2 N–H and O–H groups in total. The molecule has 0 saturated carbocycles. The number of carbonyl (C=O) groups excluding carboxylic acids is 1. The summed E-state index contributed by atoms with van der Waals surface area (Å²) in [7, 11) is 3.22. The van der Waals surface area contributed by atoms with Gasteiger partial charge in [-0.1, -0.05) is 0 Å². The van der Waals surface area contributed by atoms with Crippen molar-refractivity contribution in [2.24, 2.45) is 0 Å². The molecule has 1 aromatic heterocycles. The zero-order chi connectivity index (χ0) is 23.1. The molecule has 0 aliphatic carbocycles. The highest BCUT2D eigenvalue weighted by atomic mass is 19.1. The third kappa shape index (κ3) is 6.11. The Hall–Kier alpha value is -3.79. The highest BCUT2D eigenvalue weighted by molar-refractivity contribution is 5.93. The van der Waals surface area contributed by atoms with Crippen molar-refractivity contribution in [1.29, 1.82) is 0 Å². The molecule has 2 aromatic carbocycles. The second-order valence-corrected chi connectivity index (χ2v) is 7.32. The molecule has 0 spiro atoms. The lowest BCUT2D eigenvalue weighted by molar-refractivity contribution is -0.384. The van der Waals surface area contributed by atoms with Gasteiger partial charge in [-0.25, -0.2) is 4.39 Å². The summed E-state index contributed by atoms with van der Waals surface area (Å²) in [5.41, 5.74) is 2.81. The normalized spacial score (nSPS) is 10.9. The average molecular weight is 441 g/mol. The predicted molar refractivity (Wildman–Crippen MR) is 118 cm³/mol. The molecule has 10 heteroatoms. The van der Waals surface area contributed by atoms with E-state index in [1.807, 2.05) is 18.0 Å². The molecule has 0 aliphatic heterocycles. The number of aromatic nitrogens is 2. The number of ether oxygens (including phenoxy) is 1. The van der Waals surface area contributed by atoms with Gasteiger partial charge in [-0.3, -0.25) is 24.9 Å². The van der Waals surface area contributed by atoms with E-state index in [0.29, 0.717) is 12.2 Å². The lowest BCUT2D eigenvalue weighted by Gasteiger charge is -2.16. The molecule has 168 valence electrons. The number of rotatable bonds is 10. The summed E-state index contributed by atoms with van der Waals surface area (Å²) in [4.78, 5) is 24.6. The van der Waals surface area contributed by atoms with Crippen molar-refractivity contribution in [2.75, 3.05) is 32.6 Å². The monoisotopic (exact) mass is 441 g/mol. The van der Waals surface area contributed by atoms with E-state index >= 15 is 0 Å². The van der Waals surface area contributed by atoms with Crippen LogP contribution in [0, 0.1) is 15.9 Å². The van der Waals surface area contributed by atoms with Gasteiger partial charge < -0.3 is 10.1 Å². The van der Waals surface area contributed by atoms with Crippen LogP contribution in [-0.4, -0.2) is 53.2 Å². The van der Waals surface area contributed by atoms with E-state index in [1.165, 1.54) is 37.4 Å². The van der Waals surface area contributed by atoms with E-state index in [1.54, 1.807) is 12.1 Å². The number of nitro groups is 1. The van der Waals surface area contributed by atoms with Crippen molar-refractivity contribution in [3.8, 4) is 17.0 Å². The van der Waals surface area contributed by atoms with Crippen LogP contribution in [0.5, 0.6) is 5.75 Å². The van der Waals surface area contributed by atoms with Gasteiger partial charge in [0.25, 0.3) is 5.69 Å². The Morgan fingerprint density at radius 3 is 2.69 bits per heavy atom. The molecule has 1 amide bonds. The fraction of sp³-hybridized carbons (Fsp3) is 0.273. The molecule has 3 rings (SSSR count). The van der Waals surface area contributed by atoms with Crippen LogP contribution in [0.3, 0.4) is 0 Å². The number of carbonyl (C=O) groups is 1. The van der Waals surface area contributed by atoms with Crippen LogP contribution in [0.25, 0.3) is 11.3 Å². The summed E-state index contributed by atoms with van der Waals surface area (Å²) in [6.45, 7) is 0.833. The predicted octanol–water partition coefficient (Wildman–Crippen LogP) is 3.64. The van der Waals surface area contributed by atoms with E-state index in [9.17, 15) is 19.3 Å². The summed E-state index contributed by atoms with van der Waals surface area (Å²) in [5.74, 6) is -0.310. The average Bonchev–Trinajstić information content (AvgIpc) is 3.23. The molecule has 0 radical (unpaired) electrons. The van der Waals surface area contributed by atoms with Gasteiger partial charge in [0.05, 0.1) is 36.0 Å². The zero-order valence-electron chi connectivity index (χ0n) is 17.8. The number of methoxy groups -OCH3 is 1. The van der Waals surface area contributed by atoms with Crippen LogP contribution in [0.15, 0.2) is 48.5 Å². The molecule has 0 atom stereocenters. The molecule has 0 unspecified atom stereocenters. The summed E-state index contributed by atoms with van der Waals surface area (Å²) in [6, 6.07) is 12.1. The van der Waals surface area contributed by atoms with Gasteiger partial charge in [0.1, 0.15) is 11.6 Å². The minimum Gasteiger partial charge on any atom is -0.494 e. The van der Waals surface area contributed by atoms with Crippen molar-refractivity contribution < 1.29 is 18.8 Å². The van der Waals surface area contributed by atoms with Gasteiger partial charge in [0, 0.05) is 17.3 Å². The van der Waals surface area contributed by atoms with Gasteiger partial charge in [0.2, 0.25) is 5.91 Å². The highest BCUT2D eigenvalue weighted by Crippen LogP contribution is 2.29. The van der Waals surface area contributed by atoms with Gasteiger partial charge in [-0.2, -0.15) is 5.10 Å². The number of aryl methyl sites for hydroxylation is 1. The number of aromatic amines is 1. The number of nitro benzene ring substituents is 1. The van der Waals surface area contributed by atoms with E-state index in [4.69, 9.17) is 4.74 Å². The third-order valence-corrected chi connectivity index (χ3v) is 4.84. The Kier molecular flexibility index (Phi) is 7.50. The molecular formula is C22H24FN5O4. The largest absolute Gasteiger partial charge is 0.494 e. The minimum absolute atomic E-state index is 0.113. The summed E-state index contributed by atoms with van der Waals surface area (Å²) in [5, 5.41) is 20.8. The van der Waals surface area contributed by atoms with Gasteiger partial charge in [-0.05, 0) is 62.8 Å². The van der Waals surface area contributed by atoms with Crippen molar-refractivity contribution >= 4 is 17.3 Å². The maximum atomic E-state index is 13.1. The number of halogens is 1. The number of anilines is 1.